The van der Waals surface area contributed by atoms with E-state index in [1.54, 1.807) is 0 Å². The van der Waals surface area contributed by atoms with Gasteiger partial charge >= 0.3 is 0 Å². The number of hydrogen-bond donors (Lipinski definition) is 0. The second kappa shape index (κ2) is 4.07. The molecule has 3 aromatic rings. The summed E-state index contributed by atoms with van der Waals surface area (Å²) in [7, 11) is 0. The number of fused-ring (bicyclic) bond motifs is 1. The van der Waals surface area contributed by atoms with Crippen molar-refractivity contribution >= 4 is 28.7 Å². The summed E-state index contributed by atoms with van der Waals surface area (Å²) < 4.78 is 2.03. The van der Waals surface area contributed by atoms with Crippen LogP contribution in [0.2, 0.25) is 0 Å². The number of carbonyl (C=O) groups excluding carboxylic acids is 1. The third-order valence-electron chi connectivity index (χ3n) is 3.13. The fourth-order valence-electron chi connectivity index (χ4n) is 1.97. The average molecular weight is 256 g/mol. The van der Waals surface area contributed by atoms with Crippen molar-refractivity contribution in [2.24, 2.45) is 0 Å². The summed E-state index contributed by atoms with van der Waals surface area (Å²) in [4.78, 5) is 15.9. The van der Waals surface area contributed by atoms with Crippen molar-refractivity contribution in [2.45, 2.75) is 13.8 Å². The van der Waals surface area contributed by atoms with Crippen molar-refractivity contribution in [3.8, 4) is 5.00 Å². The number of aromatic nitrogens is 2. The third kappa shape index (κ3) is 1.66. The minimum atomic E-state index is 0.732. The number of imidazole rings is 1. The molecule has 0 bridgehead atoms. The number of hydrogen-bond acceptors (Lipinski definition) is 3. The van der Waals surface area contributed by atoms with Crippen LogP contribution in [-0.4, -0.2) is 15.8 Å². The van der Waals surface area contributed by atoms with Crippen LogP contribution < -0.4 is 0 Å². The number of nitrogens with zero attached hydrogens (tertiary/aromatic N) is 2. The largest absolute Gasteiger partial charge is 0.297 e. The maximum atomic E-state index is 10.7. The lowest BCUT2D eigenvalue weighted by Crippen LogP contribution is -1.89. The molecule has 3 rings (SSSR count). The first-order valence-electron chi connectivity index (χ1n) is 5.69. The molecule has 4 heteroatoms. The molecular weight excluding hydrogens is 244 g/mol. The van der Waals surface area contributed by atoms with Crippen LogP contribution in [0.4, 0.5) is 0 Å². The Bertz CT molecular complexity index is 739. The van der Waals surface area contributed by atoms with E-state index in [1.807, 2.05) is 23.0 Å². The first kappa shape index (κ1) is 11.2. The second-order valence-corrected chi connectivity index (χ2v) is 5.43. The van der Waals surface area contributed by atoms with Crippen molar-refractivity contribution in [3.05, 3.63) is 46.6 Å². The molecule has 0 aliphatic heterocycles. The van der Waals surface area contributed by atoms with Crippen LogP contribution in [0.3, 0.4) is 0 Å². The first-order chi connectivity index (χ1) is 8.69. The highest BCUT2D eigenvalue weighted by molar-refractivity contribution is 7.16. The van der Waals surface area contributed by atoms with Gasteiger partial charge in [0.25, 0.3) is 0 Å². The first-order valence-corrected chi connectivity index (χ1v) is 6.50. The Balaban J connectivity index is 2.23. The Morgan fingerprint density at radius 2 is 2.00 bits per heavy atom. The van der Waals surface area contributed by atoms with Crippen molar-refractivity contribution in [1.29, 1.82) is 0 Å². The van der Waals surface area contributed by atoms with E-state index >= 15 is 0 Å². The number of carbonyl (C=O) groups is 1. The lowest BCUT2D eigenvalue weighted by Gasteiger charge is -2.03. The molecule has 0 amide bonds. The van der Waals surface area contributed by atoms with Crippen molar-refractivity contribution in [2.75, 3.05) is 0 Å². The Kier molecular flexibility index (Phi) is 2.52. The van der Waals surface area contributed by atoms with Gasteiger partial charge in [-0.1, -0.05) is 0 Å². The molecule has 0 fully saturated rings. The number of benzene rings is 1. The number of aldehydes is 1. The minimum Gasteiger partial charge on any atom is -0.297 e. The fraction of sp³-hybridized carbons (Fsp3) is 0.143. The molecule has 90 valence electrons. The molecule has 0 atom stereocenters. The molecule has 2 aromatic heterocycles. The smallest absolute Gasteiger partial charge is 0.160 e. The SMILES string of the molecule is Cc1cc2ncn(-c3ccc(C=O)s3)c2cc1C. The van der Waals surface area contributed by atoms with E-state index < -0.39 is 0 Å². The van der Waals surface area contributed by atoms with Gasteiger partial charge in [0.05, 0.1) is 15.9 Å². The predicted molar refractivity (Wildman–Crippen MR) is 73.8 cm³/mol. The summed E-state index contributed by atoms with van der Waals surface area (Å²) in [6.07, 6.45) is 2.69. The number of aryl methyl sites for hydroxylation is 2. The maximum absolute atomic E-state index is 10.7. The quantitative estimate of drug-likeness (QED) is 0.657. The van der Waals surface area contributed by atoms with Crippen molar-refractivity contribution in [1.82, 2.24) is 9.55 Å². The van der Waals surface area contributed by atoms with Gasteiger partial charge in [0.2, 0.25) is 0 Å². The Hall–Kier alpha value is -1.94. The van der Waals surface area contributed by atoms with E-state index in [0.717, 1.165) is 27.2 Å². The summed E-state index contributed by atoms with van der Waals surface area (Å²) in [5.41, 5.74) is 4.56. The minimum absolute atomic E-state index is 0.732. The van der Waals surface area contributed by atoms with Crippen LogP contribution in [0.5, 0.6) is 0 Å². The topological polar surface area (TPSA) is 34.9 Å². The highest BCUT2D eigenvalue weighted by atomic mass is 32.1. The Morgan fingerprint density at radius 1 is 1.22 bits per heavy atom. The zero-order valence-electron chi connectivity index (χ0n) is 10.2. The van der Waals surface area contributed by atoms with Gasteiger partial charge in [-0.3, -0.25) is 9.36 Å². The van der Waals surface area contributed by atoms with Gasteiger partial charge in [0.15, 0.2) is 6.29 Å². The van der Waals surface area contributed by atoms with Crippen LogP contribution >= 0.6 is 11.3 Å². The fourth-order valence-corrected chi connectivity index (χ4v) is 2.78. The highest BCUT2D eigenvalue weighted by Gasteiger charge is 2.08. The van der Waals surface area contributed by atoms with Gasteiger partial charge in [-0.15, -0.1) is 11.3 Å². The van der Waals surface area contributed by atoms with E-state index in [1.165, 1.54) is 22.5 Å². The molecular formula is C14H12N2OS. The molecule has 0 aliphatic rings. The second-order valence-electron chi connectivity index (χ2n) is 4.33. The van der Waals surface area contributed by atoms with Crippen LogP contribution in [0, 0.1) is 13.8 Å². The molecule has 2 heterocycles. The summed E-state index contributed by atoms with van der Waals surface area (Å²) in [5, 5.41) is 1.02. The molecule has 0 radical (unpaired) electrons. The van der Waals surface area contributed by atoms with Gasteiger partial charge in [-0.25, -0.2) is 4.98 Å². The lowest BCUT2D eigenvalue weighted by molar-refractivity contribution is 0.112. The lowest BCUT2D eigenvalue weighted by atomic mass is 10.1. The summed E-state index contributed by atoms with van der Waals surface area (Å²) in [6.45, 7) is 4.18. The van der Waals surface area contributed by atoms with Crippen molar-refractivity contribution < 1.29 is 4.79 Å². The van der Waals surface area contributed by atoms with Gasteiger partial charge in [0.1, 0.15) is 11.3 Å². The number of rotatable bonds is 2. The van der Waals surface area contributed by atoms with E-state index in [4.69, 9.17) is 0 Å². The molecule has 0 unspecified atom stereocenters. The normalized spacial score (nSPS) is 11.0. The van der Waals surface area contributed by atoms with E-state index in [2.05, 4.69) is 31.0 Å². The zero-order valence-corrected chi connectivity index (χ0v) is 11.0. The summed E-state index contributed by atoms with van der Waals surface area (Å²) in [6, 6.07) is 8.01. The molecule has 0 spiro atoms. The van der Waals surface area contributed by atoms with E-state index in [-0.39, 0.29) is 0 Å². The number of thiophene rings is 1. The summed E-state index contributed by atoms with van der Waals surface area (Å²) in [5.74, 6) is 0. The van der Waals surface area contributed by atoms with Gasteiger partial charge in [-0.05, 0) is 49.2 Å². The van der Waals surface area contributed by atoms with E-state index in [9.17, 15) is 4.79 Å². The standard InChI is InChI=1S/C14H12N2OS/c1-9-5-12-13(6-10(9)2)16(8-15-12)14-4-3-11(7-17)18-14/h3-8H,1-2H3. The van der Waals surface area contributed by atoms with Gasteiger partial charge in [-0.2, -0.15) is 0 Å². The van der Waals surface area contributed by atoms with Crippen LogP contribution in [0.15, 0.2) is 30.6 Å². The third-order valence-corrected chi connectivity index (χ3v) is 4.14. The highest BCUT2D eigenvalue weighted by Crippen LogP contribution is 2.25. The monoisotopic (exact) mass is 256 g/mol. The van der Waals surface area contributed by atoms with Gasteiger partial charge in [0, 0.05) is 0 Å². The van der Waals surface area contributed by atoms with E-state index in [0.29, 0.717) is 0 Å². The summed E-state index contributed by atoms with van der Waals surface area (Å²) >= 11 is 1.47. The van der Waals surface area contributed by atoms with Crippen LogP contribution in [0.1, 0.15) is 20.8 Å². The molecule has 18 heavy (non-hydrogen) atoms. The molecule has 0 aliphatic carbocycles. The predicted octanol–water partition coefficient (Wildman–Crippen LogP) is 3.52. The van der Waals surface area contributed by atoms with Crippen LogP contribution in [-0.2, 0) is 0 Å². The molecule has 3 nitrogen and oxygen atoms in total. The van der Waals surface area contributed by atoms with Crippen molar-refractivity contribution in [3.63, 3.8) is 0 Å². The Labute approximate surface area is 109 Å². The maximum Gasteiger partial charge on any atom is 0.160 e. The molecule has 1 aromatic carbocycles. The molecule has 0 saturated heterocycles. The zero-order chi connectivity index (χ0) is 12.7. The molecule has 0 saturated carbocycles. The average Bonchev–Trinajstić information content (AvgIpc) is 2.96. The van der Waals surface area contributed by atoms with Gasteiger partial charge < -0.3 is 0 Å². The Morgan fingerprint density at radius 3 is 2.72 bits per heavy atom. The van der Waals surface area contributed by atoms with Crippen LogP contribution in [0.25, 0.3) is 16.0 Å². The molecule has 0 N–H and O–H groups in total.